The van der Waals surface area contributed by atoms with Gasteiger partial charge in [0.05, 0.1) is 44.7 Å². The minimum Gasteiger partial charge on any atom is -0.497 e. The van der Waals surface area contributed by atoms with Crippen molar-refractivity contribution >= 4 is 30.5 Å². The van der Waals surface area contributed by atoms with Crippen LogP contribution in [0.25, 0.3) is 0 Å². The van der Waals surface area contributed by atoms with Crippen LogP contribution >= 0.6 is 0 Å². The summed E-state index contributed by atoms with van der Waals surface area (Å²) in [7, 11) is -1.89. The zero-order valence-corrected chi connectivity index (χ0v) is 45.5. The maximum Gasteiger partial charge on any atom is 0.262 e. The van der Waals surface area contributed by atoms with Crippen molar-refractivity contribution in [3.05, 3.63) is 228 Å². The number of imide groups is 1. The van der Waals surface area contributed by atoms with E-state index in [4.69, 9.17) is 47.1 Å². The van der Waals surface area contributed by atoms with E-state index in [2.05, 4.69) is 45.0 Å². The van der Waals surface area contributed by atoms with Crippen LogP contribution in [0.15, 0.2) is 200 Å². The average molecular weight is 1080 g/mol. The Morgan fingerprint density at radius 2 is 1.13 bits per heavy atom. The van der Waals surface area contributed by atoms with Crippen LogP contribution in [-0.2, 0) is 50.8 Å². The Bertz CT molecular complexity index is 3040. The zero-order valence-electron chi connectivity index (χ0n) is 44.5. The second-order valence-corrected chi connectivity index (χ2v) is 25.4. The molecule has 11 rings (SSSR count). The molecule has 79 heavy (non-hydrogen) atoms. The topological polar surface area (TPSA) is 150 Å². The molecule has 1 unspecified atom stereocenters. The molecule has 408 valence electrons. The van der Waals surface area contributed by atoms with Crippen molar-refractivity contribution in [2.45, 2.75) is 107 Å². The lowest BCUT2D eigenvalue weighted by atomic mass is 9.93. The van der Waals surface area contributed by atoms with Gasteiger partial charge in [-0.3, -0.25) is 14.5 Å². The van der Waals surface area contributed by atoms with Crippen molar-refractivity contribution in [2.24, 2.45) is 0 Å². The van der Waals surface area contributed by atoms with Crippen LogP contribution in [0.4, 0.5) is 0 Å². The number of aliphatic hydroxyl groups is 1. The Kier molecular flexibility index (Phi) is 16.3. The van der Waals surface area contributed by atoms with Gasteiger partial charge in [-0.2, -0.15) is 0 Å². The highest BCUT2D eigenvalue weighted by Crippen LogP contribution is 2.44. The van der Waals surface area contributed by atoms with E-state index < -0.39 is 92.8 Å². The molecule has 0 bridgehead atoms. The van der Waals surface area contributed by atoms with Gasteiger partial charge in [-0.25, -0.2) is 0 Å². The number of rotatable bonds is 18. The number of benzene rings is 7. The molecule has 0 saturated carbocycles. The van der Waals surface area contributed by atoms with Crippen LogP contribution in [-0.4, -0.2) is 112 Å². The third kappa shape index (κ3) is 11.2. The molecule has 0 radical (unpaired) electrons. The molecule has 3 saturated heterocycles. The Labute approximate surface area is 461 Å². The van der Waals surface area contributed by atoms with Crippen LogP contribution in [0.5, 0.6) is 11.5 Å². The maximum absolute atomic E-state index is 14.9. The van der Waals surface area contributed by atoms with Gasteiger partial charge >= 0.3 is 0 Å². The second kappa shape index (κ2) is 23.8. The number of aliphatic hydroxyl groups excluding tert-OH is 1. The number of carbonyl (C=O) groups is 2. The molecule has 3 fully saturated rings. The van der Waals surface area contributed by atoms with Crippen LogP contribution in [0.2, 0.25) is 5.04 Å². The fraction of sp³-hybridized carbons (Fsp3) is 0.312. The lowest BCUT2D eigenvalue weighted by Crippen LogP contribution is -2.73. The Morgan fingerprint density at radius 3 is 1.70 bits per heavy atom. The van der Waals surface area contributed by atoms with Gasteiger partial charge in [0, 0.05) is 5.56 Å². The highest BCUT2D eigenvalue weighted by molar-refractivity contribution is 6.99. The molecule has 14 nitrogen and oxygen atoms in total. The van der Waals surface area contributed by atoms with Crippen molar-refractivity contribution in [3.63, 3.8) is 0 Å². The second-order valence-electron chi connectivity index (χ2n) is 21.2. The standard InChI is InChI=1S/C64H65NO13Si/c1-64(2,3)79(47-28-16-8-17-29-47,48-30-18-9-19-31-48)78-58-54(66)63(75-52-41-72-61(76-56(52)58)44-26-14-7-15-27-44)77-55-51(40-70-38-42-22-10-5-11-23-42)74-62(73-46-36-34-45(69-4)35-37-46)53(57(55)71-39-43-24-12-6-13-25-43)65-59(67)49-32-20-21-33-50(49)60(65)68/h5-37,51-58,61-63,66H,38-41H2,1-4H3/t51-,52-,53-,54+,55-,56-,57-,58-,61?,62-,63+/m1/s1. The van der Waals surface area contributed by atoms with E-state index in [0.29, 0.717) is 11.5 Å². The molecule has 0 spiro atoms. The van der Waals surface area contributed by atoms with Crippen LogP contribution in [0.3, 0.4) is 0 Å². The maximum atomic E-state index is 14.9. The van der Waals surface area contributed by atoms with Crippen LogP contribution < -0.4 is 19.8 Å². The molecule has 7 aromatic rings. The summed E-state index contributed by atoms with van der Waals surface area (Å²) in [4.78, 5) is 30.9. The zero-order chi connectivity index (χ0) is 54.5. The molecular formula is C64H65NO13Si. The van der Waals surface area contributed by atoms with E-state index in [9.17, 15) is 14.7 Å². The number of amides is 2. The summed E-state index contributed by atoms with van der Waals surface area (Å²) < 4.78 is 68.5. The summed E-state index contributed by atoms with van der Waals surface area (Å²) in [6.07, 6.45) is -11.5. The molecule has 4 aliphatic rings. The third-order valence-corrected chi connectivity index (χ3v) is 20.2. The number of hydrogen-bond acceptors (Lipinski definition) is 13. The predicted octanol–water partition coefficient (Wildman–Crippen LogP) is 8.80. The molecule has 7 aromatic carbocycles. The number of methoxy groups -OCH3 is 1. The highest BCUT2D eigenvalue weighted by Gasteiger charge is 2.61. The number of hydrogen-bond donors (Lipinski definition) is 1. The van der Waals surface area contributed by atoms with Crippen LogP contribution in [0, 0.1) is 0 Å². The minimum absolute atomic E-state index is 0.0127. The summed E-state index contributed by atoms with van der Waals surface area (Å²) in [5.74, 6) is -0.177. The normalized spacial score (nSPS) is 26.0. The van der Waals surface area contributed by atoms with E-state index in [1.165, 1.54) is 0 Å². The molecule has 15 heteroatoms. The predicted molar refractivity (Wildman–Crippen MR) is 296 cm³/mol. The van der Waals surface area contributed by atoms with Crippen molar-refractivity contribution < 1.29 is 61.8 Å². The van der Waals surface area contributed by atoms with E-state index in [1.54, 1.807) is 55.6 Å². The smallest absolute Gasteiger partial charge is 0.262 e. The number of carbonyl (C=O) groups excluding carboxylic acids is 2. The van der Waals surface area contributed by atoms with E-state index in [-0.39, 0.29) is 37.6 Å². The first-order chi connectivity index (χ1) is 38.5. The summed E-state index contributed by atoms with van der Waals surface area (Å²) in [6, 6.07) is 61.6. The van der Waals surface area contributed by atoms with Crippen molar-refractivity contribution in [3.8, 4) is 11.5 Å². The first kappa shape index (κ1) is 54.1. The number of fused-ring (bicyclic) bond motifs is 2. The van der Waals surface area contributed by atoms with E-state index in [1.807, 2.05) is 127 Å². The van der Waals surface area contributed by atoms with Gasteiger partial charge < -0.3 is 52.2 Å². The monoisotopic (exact) mass is 1080 g/mol. The van der Waals surface area contributed by atoms with Gasteiger partial charge in [0.1, 0.15) is 60.3 Å². The summed E-state index contributed by atoms with van der Waals surface area (Å²) in [6.45, 7) is 6.69. The lowest BCUT2D eigenvalue weighted by Gasteiger charge is -2.54. The number of nitrogens with zero attached hydrogens (tertiary/aromatic N) is 1. The third-order valence-electron chi connectivity index (χ3n) is 15.1. The van der Waals surface area contributed by atoms with Gasteiger partial charge in [-0.05, 0) is 62.9 Å². The fourth-order valence-electron chi connectivity index (χ4n) is 11.3. The lowest BCUT2D eigenvalue weighted by molar-refractivity contribution is -0.380. The first-order valence-corrected chi connectivity index (χ1v) is 28.7. The first-order valence-electron chi connectivity index (χ1n) is 26.8. The van der Waals surface area contributed by atoms with Gasteiger partial charge in [0.25, 0.3) is 20.1 Å². The molecule has 4 heterocycles. The quantitative estimate of drug-likeness (QED) is 0.0645. The van der Waals surface area contributed by atoms with Gasteiger partial charge in [-0.15, -0.1) is 0 Å². The highest BCUT2D eigenvalue weighted by atomic mass is 28.4. The van der Waals surface area contributed by atoms with E-state index >= 15 is 0 Å². The van der Waals surface area contributed by atoms with Crippen molar-refractivity contribution in [2.75, 3.05) is 20.3 Å². The van der Waals surface area contributed by atoms with Gasteiger partial charge in [0.2, 0.25) is 6.29 Å². The Balaban J connectivity index is 1.03. The minimum atomic E-state index is -3.46. The molecule has 1 N–H and O–H groups in total. The summed E-state index contributed by atoms with van der Waals surface area (Å²) in [5, 5.41) is 14.9. The number of ether oxygens (including phenoxy) is 9. The summed E-state index contributed by atoms with van der Waals surface area (Å²) >= 11 is 0. The molecule has 4 aliphatic heterocycles. The largest absolute Gasteiger partial charge is 0.497 e. The van der Waals surface area contributed by atoms with Gasteiger partial charge in [0.15, 0.2) is 12.6 Å². The Hall–Kier alpha value is -6.86. The fourth-order valence-corrected chi connectivity index (χ4v) is 16.0. The molecule has 2 amide bonds. The van der Waals surface area contributed by atoms with Gasteiger partial charge in [-0.1, -0.05) is 185 Å². The molecule has 0 aromatic heterocycles. The molecular weight excluding hydrogens is 1020 g/mol. The van der Waals surface area contributed by atoms with E-state index in [0.717, 1.165) is 32.0 Å². The average Bonchev–Trinajstić information content (AvgIpc) is 3.90. The molecule has 11 atom stereocenters. The summed E-state index contributed by atoms with van der Waals surface area (Å²) in [5.41, 5.74) is 2.94. The van der Waals surface area contributed by atoms with Crippen molar-refractivity contribution in [1.82, 2.24) is 4.90 Å². The Morgan fingerprint density at radius 1 is 0.595 bits per heavy atom. The van der Waals surface area contributed by atoms with Crippen LogP contribution in [0.1, 0.15) is 64.5 Å². The van der Waals surface area contributed by atoms with Crippen molar-refractivity contribution in [1.29, 1.82) is 0 Å². The SMILES string of the molecule is COc1ccc(O[C@@H]2O[C@H](COCc3ccccc3)[C@@H](O[C@@H]3O[C@@H]4COC(c5ccccc5)O[C@H]4[C@H](O[Si](c4ccccc4)(c4ccccc4)C(C)(C)C)[C@@H]3O)[C@H](OCc3ccccc3)[C@H]2N2C(=O)c3ccccc3C2=O)cc1. The molecule has 0 aliphatic carbocycles.